The van der Waals surface area contributed by atoms with Crippen LogP contribution in [-0.4, -0.2) is 15.8 Å². The van der Waals surface area contributed by atoms with E-state index in [-0.39, 0.29) is 0 Å². The van der Waals surface area contributed by atoms with Gasteiger partial charge in [-0.3, -0.25) is 9.78 Å². The van der Waals surface area contributed by atoms with Gasteiger partial charge in [0.15, 0.2) is 6.29 Å². The molecule has 0 bridgehead atoms. The molecule has 3 nitrogen and oxygen atoms in total. The Morgan fingerprint density at radius 1 is 1.26 bits per heavy atom. The molecule has 0 saturated heterocycles. The zero-order valence-electron chi connectivity index (χ0n) is 10.7. The lowest BCUT2D eigenvalue weighted by Gasteiger charge is -2.07. The van der Waals surface area contributed by atoms with Gasteiger partial charge in [0.05, 0.1) is 5.52 Å². The molecule has 94 valence electrons. The smallest absolute Gasteiger partial charge is 0.152 e. The second kappa shape index (κ2) is 4.69. The van der Waals surface area contributed by atoms with Crippen LogP contribution in [0.25, 0.3) is 10.9 Å². The Kier molecular flexibility index (Phi) is 2.88. The van der Waals surface area contributed by atoms with E-state index >= 15 is 0 Å². The monoisotopic (exact) mass is 250 g/mol. The zero-order chi connectivity index (χ0) is 13.2. The molecular formula is C16H14N2O. The third-order valence-corrected chi connectivity index (χ3v) is 3.23. The maximum absolute atomic E-state index is 11.2. The largest absolute Gasteiger partial charge is 0.342 e. The minimum absolute atomic E-state index is 0.725. The number of aryl methyl sites for hydroxylation is 1. The second-order valence-corrected chi connectivity index (χ2v) is 4.72. The number of para-hydroxylation sites is 1. The number of rotatable bonds is 3. The number of carbonyl (C=O) groups is 1. The Labute approximate surface area is 111 Å². The van der Waals surface area contributed by atoms with E-state index in [4.69, 9.17) is 0 Å². The van der Waals surface area contributed by atoms with Crippen molar-refractivity contribution in [2.75, 3.05) is 0 Å². The van der Waals surface area contributed by atoms with E-state index in [1.54, 1.807) is 0 Å². The van der Waals surface area contributed by atoms with Gasteiger partial charge < -0.3 is 4.57 Å². The molecule has 0 amide bonds. The number of benzene rings is 1. The van der Waals surface area contributed by atoms with Crippen LogP contribution >= 0.6 is 0 Å². The van der Waals surface area contributed by atoms with Crippen molar-refractivity contribution in [3.8, 4) is 0 Å². The Hall–Kier alpha value is -2.42. The van der Waals surface area contributed by atoms with Gasteiger partial charge >= 0.3 is 0 Å². The van der Waals surface area contributed by atoms with Gasteiger partial charge in [0.2, 0.25) is 0 Å². The first-order chi connectivity index (χ1) is 9.28. The van der Waals surface area contributed by atoms with Gasteiger partial charge in [0.25, 0.3) is 0 Å². The van der Waals surface area contributed by atoms with Crippen LogP contribution in [0.15, 0.2) is 48.9 Å². The average molecular weight is 250 g/mol. The summed E-state index contributed by atoms with van der Waals surface area (Å²) in [6, 6.07) is 9.92. The highest BCUT2D eigenvalue weighted by Gasteiger charge is 2.06. The molecule has 19 heavy (non-hydrogen) atoms. The first kappa shape index (κ1) is 11.7. The summed E-state index contributed by atoms with van der Waals surface area (Å²) in [7, 11) is 0. The topological polar surface area (TPSA) is 34.9 Å². The first-order valence-corrected chi connectivity index (χ1v) is 6.21. The summed E-state index contributed by atoms with van der Waals surface area (Å²) in [5, 5.41) is 1.09. The molecule has 0 atom stereocenters. The van der Waals surface area contributed by atoms with Crippen molar-refractivity contribution in [2.45, 2.75) is 13.5 Å². The number of nitrogens with zero attached hydrogens (tertiary/aromatic N) is 2. The molecule has 0 saturated carbocycles. The van der Waals surface area contributed by atoms with Crippen LogP contribution in [0.1, 0.15) is 21.5 Å². The predicted molar refractivity (Wildman–Crippen MR) is 75.4 cm³/mol. The Morgan fingerprint density at radius 3 is 2.95 bits per heavy atom. The van der Waals surface area contributed by atoms with Gasteiger partial charge in [-0.25, -0.2) is 0 Å². The molecule has 3 heteroatoms. The number of aldehydes is 1. The summed E-state index contributed by atoms with van der Waals surface area (Å²) in [6.07, 6.45) is 6.63. The van der Waals surface area contributed by atoms with Gasteiger partial charge in [-0.1, -0.05) is 18.2 Å². The third kappa shape index (κ3) is 2.15. The Morgan fingerprint density at radius 2 is 2.16 bits per heavy atom. The molecule has 0 spiro atoms. The molecule has 3 aromatic rings. The van der Waals surface area contributed by atoms with Gasteiger partial charge in [-0.2, -0.15) is 0 Å². The molecule has 0 radical (unpaired) electrons. The van der Waals surface area contributed by atoms with Gasteiger partial charge in [-0.05, 0) is 30.2 Å². The lowest BCUT2D eigenvalue weighted by molar-refractivity contribution is 0.112. The highest BCUT2D eigenvalue weighted by atomic mass is 16.1. The Balaban J connectivity index is 2.08. The number of carbonyl (C=O) groups excluding carboxylic acids is 1. The molecule has 0 N–H and O–H groups in total. The second-order valence-electron chi connectivity index (χ2n) is 4.72. The molecule has 0 unspecified atom stereocenters. The number of pyridine rings is 1. The van der Waals surface area contributed by atoms with Crippen LogP contribution in [0, 0.1) is 6.92 Å². The van der Waals surface area contributed by atoms with E-state index in [2.05, 4.69) is 15.6 Å². The summed E-state index contributed by atoms with van der Waals surface area (Å²) in [5.74, 6) is 0. The number of aromatic nitrogens is 2. The molecule has 0 fully saturated rings. The zero-order valence-corrected chi connectivity index (χ0v) is 10.7. The van der Waals surface area contributed by atoms with Crippen molar-refractivity contribution in [3.05, 3.63) is 65.6 Å². The number of fused-ring (bicyclic) bond motifs is 1. The fourth-order valence-electron chi connectivity index (χ4n) is 2.42. The molecular weight excluding hydrogens is 236 g/mol. The molecule has 0 aliphatic heterocycles. The summed E-state index contributed by atoms with van der Waals surface area (Å²) in [4.78, 5) is 15.4. The normalized spacial score (nSPS) is 10.8. The standard InChI is InChI=1S/C16H14N2O/c1-12-7-13(9-17-8-12)10-18-6-5-14-3-2-4-15(11-19)16(14)18/h2-9,11H,10H2,1H3. The maximum Gasteiger partial charge on any atom is 0.152 e. The van der Waals surface area contributed by atoms with E-state index in [1.807, 2.05) is 49.8 Å². The minimum Gasteiger partial charge on any atom is -0.342 e. The van der Waals surface area contributed by atoms with E-state index < -0.39 is 0 Å². The summed E-state index contributed by atoms with van der Waals surface area (Å²) in [5.41, 5.74) is 3.99. The number of hydrogen-bond donors (Lipinski definition) is 0. The molecule has 2 heterocycles. The van der Waals surface area contributed by atoms with E-state index in [0.29, 0.717) is 0 Å². The van der Waals surface area contributed by atoms with Crippen LogP contribution in [0.5, 0.6) is 0 Å². The van der Waals surface area contributed by atoms with Crippen LogP contribution in [0.4, 0.5) is 0 Å². The lowest BCUT2D eigenvalue weighted by Crippen LogP contribution is -2.00. The van der Waals surface area contributed by atoms with Gasteiger partial charge in [0, 0.05) is 36.1 Å². The molecule has 0 aliphatic rings. The molecule has 3 rings (SSSR count). The van der Waals surface area contributed by atoms with Crippen molar-refractivity contribution in [1.29, 1.82) is 0 Å². The van der Waals surface area contributed by atoms with Crippen LogP contribution in [0.3, 0.4) is 0 Å². The number of hydrogen-bond acceptors (Lipinski definition) is 2. The summed E-state index contributed by atoms with van der Waals surface area (Å²) >= 11 is 0. The van der Waals surface area contributed by atoms with Crippen molar-refractivity contribution >= 4 is 17.2 Å². The predicted octanol–water partition coefficient (Wildman–Crippen LogP) is 3.21. The van der Waals surface area contributed by atoms with Gasteiger partial charge in [-0.15, -0.1) is 0 Å². The fourth-order valence-corrected chi connectivity index (χ4v) is 2.42. The lowest BCUT2D eigenvalue weighted by atomic mass is 10.1. The van der Waals surface area contributed by atoms with Crippen LogP contribution < -0.4 is 0 Å². The van der Waals surface area contributed by atoms with E-state index in [9.17, 15) is 4.79 Å². The quantitative estimate of drug-likeness (QED) is 0.669. The molecule has 1 aromatic carbocycles. The van der Waals surface area contributed by atoms with E-state index in [0.717, 1.165) is 40.4 Å². The highest BCUT2D eigenvalue weighted by Crippen LogP contribution is 2.20. The van der Waals surface area contributed by atoms with Crippen molar-refractivity contribution in [2.24, 2.45) is 0 Å². The van der Waals surface area contributed by atoms with Gasteiger partial charge in [0.1, 0.15) is 0 Å². The third-order valence-electron chi connectivity index (χ3n) is 3.23. The SMILES string of the molecule is Cc1cncc(Cn2ccc3cccc(C=O)c32)c1. The van der Waals surface area contributed by atoms with Crippen LogP contribution in [0.2, 0.25) is 0 Å². The molecule has 2 aromatic heterocycles. The Bertz CT molecular complexity index is 743. The molecule has 0 aliphatic carbocycles. The highest BCUT2D eigenvalue weighted by molar-refractivity contribution is 5.96. The van der Waals surface area contributed by atoms with Crippen molar-refractivity contribution in [1.82, 2.24) is 9.55 Å². The average Bonchev–Trinajstić information content (AvgIpc) is 2.82. The minimum atomic E-state index is 0.725. The van der Waals surface area contributed by atoms with Crippen molar-refractivity contribution in [3.63, 3.8) is 0 Å². The summed E-state index contributed by atoms with van der Waals surface area (Å²) in [6.45, 7) is 2.75. The first-order valence-electron chi connectivity index (χ1n) is 6.21. The van der Waals surface area contributed by atoms with Crippen molar-refractivity contribution < 1.29 is 4.79 Å². The van der Waals surface area contributed by atoms with E-state index in [1.165, 1.54) is 0 Å². The summed E-state index contributed by atoms with van der Waals surface area (Å²) < 4.78 is 2.09. The fraction of sp³-hybridized carbons (Fsp3) is 0.125. The maximum atomic E-state index is 11.2. The van der Waals surface area contributed by atoms with Crippen LogP contribution in [-0.2, 0) is 6.54 Å².